The first-order valence-corrected chi connectivity index (χ1v) is 6.39. The van der Waals surface area contributed by atoms with E-state index >= 15 is 0 Å². The molecule has 20 heavy (non-hydrogen) atoms. The van der Waals surface area contributed by atoms with Gasteiger partial charge in [-0.1, -0.05) is 18.2 Å². The van der Waals surface area contributed by atoms with Crippen LogP contribution >= 0.6 is 0 Å². The van der Waals surface area contributed by atoms with Crippen LogP contribution in [0.4, 0.5) is 5.82 Å². The number of carboxylic acid groups (broad SMARTS) is 1. The normalized spacial score (nSPS) is 10.3. The third-order valence-electron chi connectivity index (χ3n) is 3.14. The number of hydrogen-bond acceptors (Lipinski definition) is 4. The third kappa shape index (κ3) is 3.32. The highest BCUT2D eigenvalue weighted by molar-refractivity contribution is 5.89. The van der Waals surface area contributed by atoms with Gasteiger partial charge in [0.15, 0.2) is 0 Å². The highest BCUT2D eigenvalue weighted by Gasteiger charge is 2.10. The van der Waals surface area contributed by atoms with E-state index in [4.69, 9.17) is 5.11 Å². The van der Waals surface area contributed by atoms with E-state index in [-0.39, 0.29) is 0 Å². The highest BCUT2D eigenvalue weighted by atomic mass is 16.4. The topological polar surface area (TPSA) is 66.3 Å². The summed E-state index contributed by atoms with van der Waals surface area (Å²) in [5, 5.41) is 9.15. The van der Waals surface area contributed by atoms with Crippen molar-refractivity contribution < 1.29 is 9.90 Å². The number of aromatic carboxylic acids is 1. The van der Waals surface area contributed by atoms with Gasteiger partial charge in [0, 0.05) is 25.4 Å². The Hall–Kier alpha value is -2.43. The summed E-state index contributed by atoms with van der Waals surface area (Å²) in [7, 11) is 1.94. The zero-order valence-electron chi connectivity index (χ0n) is 11.6. The third-order valence-corrected chi connectivity index (χ3v) is 3.14. The lowest BCUT2D eigenvalue weighted by Gasteiger charge is -2.18. The molecule has 0 amide bonds. The quantitative estimate of drug-likeness (QED) is 0.902. The minimum Gasteiger partial charge on any atom is -0.478 e. The van der Waals surface area contributed by atoms with Gasteiger partial charge in [-0.15, -0.1) is 0 Å². The van der Waals surface area contributed by atoms with Gasteiger partial charge in [0.2, 0.25) is 0 Å². The van der Waals surface area contributed by atoms with Gasteiger partial charge in [0.25, 0.3) is 0 Å². The Labute approximate surface area is 117 Å². The molecule has 0 atom stereocenters. The maximum Gasteiger partial charge on any atom is 0.335 e. The summed E-state index contributed by atoms with van der Waals surface area (Å²) >= 11 is 0. The average Bonchev–Trinajstić information content (AvgIpc) is 2.45. The molecule has 0 radical (unpaired) electrons. The maximum atomic E-state index is 11.1. The van der Waals surface area contributed by atoms with Gasteiger partial charge in [-0.25, -0.2) is 14.8 Å². The lowest BCUT2D eigenvalue weighted by molar-refractivity contribution is 0.0695. The van der Waals surface area contributed by atoms with Crippen LogP contribution in [0.3, 0.4) is 0 Å². The number of hydrogen-bond donors (Lipinski definition) is 1. The lowest BCUT2D eigenvalue weighted by Crippen LogP contribution is -2.22. The zero-order valence-corrected chi connectivity index (χ0v) is 11.6. The number of aryl methyl sites for hydroxylation is 1. The Kier molecular flexibility index (Phi) is 4.30. The number of aromatic nitrogens is 2. The van der Waals surface area contributed by atoms with E-state index < -0.39 is 5.97 Å². The molecule has 1 aromatic carbocycles. The largest absolute Gasteiger partial charge is 0.478 e. The molecule has 0 aliphatic heterocycles. The van der Waals surface area contributed by atoms with Crippen molar-refractivity contribution in [3.8, 4) is 0 Å². The van der Waals surface area contributed by atoms with Crippen LogP contribution in [0.2, 0.25) is 0 Å². The van der Waals surface area contributed by atoms with Crippen molar-refractivity contribution in [2.75, 3.05) is 18.5 Å². The summed E-state index contributed by atoms with van der Waals surface area (Å²) in [6.07, 6.45) is 2.19. The molecule has 104 valence electrons. The van der Waals surface area contributed by atoms with Crippen LogP contribution < -0.4 is 4.90 Å². The Morgan fingerprint density at radius 3 is 2.75 bits per heavy atom. The molecule has 0 spiro atoms. The van der Waals surface area contributed by atoms with Crippen molar-refractivity contribution in [3.63, 3.8) is 0 Å². The Morgan fingerprint density at radius 2 is 2.05 bits per heavy atom. The summed E-state index contributed by atoms with van der Waals surface area (Å²) in [6, 6.07) is 8.99. The number of nitrogens with zero attached hydrogens (tertiary/aromatic N) is 3. The van der Waals surface area contributed by atoms with Gasteiger partial charge in [-0.05, 0) is 25.0 Å². The molecular weight excluding hydrogens is 254 g/mol. The van der Waals surface area contributed by atoms with Gasteiger partial charge in [-0.3, -0.25) is 0 Å². The van der Waals surface area contributed by atoms with E-state index in [0.29, 0.717) is 18.5 Å². The minimum atomic E-state index is -0.888. The SMILES string of the molecule is Cc1cc(N(C)CCc2ccccc2C(=O)O)ncn1. The number of rotatable bonds is 5. The summed E-state index contributed by atoms with van der Waals surface area (Å²) in [5.41, 5.74) is 2.10. The van der Waals surface area contributed by atoms with Gasteiger partial charge < -0.3 is 10.0 Å². The number of anilines is 1. The molecule has 2 aromatic rings. The molecule has 2 rings (SSSR count). The van der Waals surface area contributed by atoms with Crippen molar-refractivity contribution in [1.82, 2.24) is 9.97 Å². The fourth-order valence-corrected chi connectivity index (χ4v) is 2.00. The molecular formula is C15H17N3O2. The predicted octanol–water partition coefficient (Wildman–Crippen LogP) is 2.16. The first-order valence-electron chi connectivity index (χ1n) is 6.39. The number of likely N-dealkylation sites (N-methyl/N-ethyl adjacent to an activating group) is 1. The van der Waals surface area contributed by atoms with E-state index in [1.165, 1.54) is 6.33 Å². The van der Waals surface area contributed by atoms with Crippen LogP contribution in [-0.4, -0.2) is 34.6 Å². The zero-order chi connectivity index (χ0) is 14.5. The monoisotopic (exact) mass is 271 g/mol. The molecule has 0 saturated carbocycles. The van der Waals surface area contributed by atoms with Crippen molar-refractivity contribution in [3.05, 3.63) is 53.5 Å². The Bertz CT molecular complexity index is 614. The number of benzene rings is 1. The summed E-state index contributed by atoms with van der Waals surface area (Å²) < 4.78 is 0. The fraction of sp³-hybridized carbons (Fsp3) is 0.267. The summed E-state index contributed by atoms with van der Waals surface area (Å²) in [6.45, 7) is 2.61. The number of carboxylic acids is 1. The van der Waals surface area contributed by atoms with Crippen molar-refractivity contribution in [2.24, 2.45) is 0 Å². The molecule has 1 heterocycles. The molecule has 0 bridgehead atoms. The first kappa shape index (κ1) is 14.0. The highest BCUT2D eigenvalue weighted by Crippen LogP contribution is 2.13. The van der Waals surface area contributed by atoms with E-state index in [0.717, 1.165) is 17.1 Å². The van der Waals surface area contributed by atoms with Gasteiger partial charge in [0.1, 0.15) is 12.1 Å². The molecule has 5 nitrogen and oxygen atoms in total. The van der Waals surface area contributed by atoms with Crippen LogP contribution in [0, 0.1) is 6.92 Å². The van der Waals surface area contributed by atoms with Crippen molar-refractivity contribution >= 4 is 11.8 Å². The maximum absolute atomic E-state index is 11.1. The Morgan fingerprint density at radius 1 is 1.30 bits per heavy atom. The van der Waals surface area contributed by atoms with Gasteiger partial charge >= 0.3 is 5.97 Å². The standard InChI is InChI=1S/C15H17N3O2/c1-11-9-14(17-10-16-11)18(2)8-7-12-5-3-4-6-13(12)15(19)20/h3-6,9-10H,7-8H2,1-2H3,(H,19,20). The van der Waals surface area contributed by atoms with Gasteiger partial charge in [0.05, 0.1) is 5.56 Å². The van der Waals surface area contributed by atoms with Crippen molar-refractivity contribution in [1.29, 1.82) is 0 Å². The second-order valence-electron chi connectivity index (χ2n) is 4.65. The second-order valence-corrected chi connectivity index (χ2v) is 4.65. The molecule has 0 aliphatic carbocycles. The van der Waals surface area contributed by atoms with E-state index in [9.17, 15) is 4.79 Å². The van der Waals surface area contributed by atoms with Crippen LogP contribution in [-0.2, 0) is 6.42 Å². The van der Waals surface area contributed by atoms with Crippen LogP contribution in [0.1, 0.15) is 21.6 Å². The molecule has 0 unspecified atom stereocenters. The van der Waals surface area contributed by atoms with Crippen LogP contribution in [0.25, 0.3) is 0 Å². The van der Waals surface area contributed by atoms with E-state index in [2.05, 4.69) is 9.97 Å². The van der Waals surface area contributed by atoms with Crippen LogP contribution in [0.5, 0.6) is 0 Å². The van der Waals surface area contributed by atoms with Crippen molar-refractivity contribution in [2.45, 2.75) is 13.3 Å². The molecule has 0 fully saturated rings. The smallest absolute Gasteiger partial charge is 0.335 e. The summed E-state index contributed by atoms with van der Waals surface area (Å²) in [4.78, 5) is 21.4. The first-order chi connectivity index (χ1) is 9.58. The number of carbonyl (C=O) groups is 1. The van der Waals surface area contributed by atoms with E-state index in [1.54, 1.807) is 12.1 Å². The lowest BCUT2D eigenvalue weighted by atomic mass is 10.0. The molecule has 0 saturated heterocycles. The Balaban J connectivity index is 2.07. The van der Waals surface area contributed by atoms with Gasteiger partial charge in [-0.2, -0.15) is 0 Å². The minimum absolute atomic E-state index is 0.361. The summed E-state index contributed by atoms with van der Waals surface area (Å²) in [5.74, 6) is -0.0496. The molecule has 5 heteroatoms. The molecule has 1 N–H and O–H groups in total. The van der Waals surface area contributed by atoms with Crippen LogP contribution in [0.15, 0.2) is 36.7 Å². The average molecular weight is 271 g/mol. The predicted molar refractivity (Wildman–Crippen MR) is 77.1 cm³/mol. The fourth-order valence-electron chi connectivity index (χ4n) is 2.00. The van der Waals surface area contributed by atoms with E-state index in [1.807, 2.05) is 37.1 Å². The molecule has 0 aliphatic rings. The molecule has 1 aromatic heterocycles. The second kappa shape index (κ2) is 6.14.